The number of nitrogens with zero attached hydrogens (tertiary/aromatic N) is 2. The number of nitrogens with two attached hydrogens (primary N) is 1. The number of nitrogen functional groups attached to an aromatic ring is 1. The molecule has 102 valence electrons. The molecule has 1 aromatic heterocycles. The van der Waals surface area contributed by atoms with Crippen LogP contribution in [-0.2, 0) is 0 Å². The van der Waals surface area contributed by atoms with E-state index in [-0.39, 0.29) is 11.5 Å². The van der Waals surface area contributed by atoms with Crippen molar-refractivity contribution in [1.82, 2.24) is 10.3 Å². The molecule has 0 spiro atoms. The van der Waals surface area contributed by atoms with Crippen LogP contribution in [0, 0.1) is 10.1 Å². The molecular weight excluding hydrogens is 246 g/mol. The lowest BCUT2D eigenvalue weighted by Crippen LogP contribution is -2.21. The molecule has 2 heterocycles. The summed E-state index contributed by atoms with van der Waals surface area (Å²) in [7, 11) is 0. The van der Waals surface area contributed by atoms with Gasteiger partial charge in [0.2, 0.25) is 5.82 Å². The maximum Gasteiger partial charge on any atom is 0.311 e. The molecule has 0 bridgehead atoms. The minimum Gasteiger partial charge on any atom is -0.378 e. The molecule has 0 saturated heterocycles. The van der Waals surface area contributed by atoms with Crippen LogP contribution in [0.4, 0.5) is 17.3 Å². The molecule has 7 heteroatoms. The predicted octanol–water partition coefficient (Wildman–Crippen LogP) is 1.29. The van der Waals surface area contributed by atoms with Crippen LogP contribution >= 0.6 is 0 Å². The summed E-state index contributed by atoms with van der Waals surface area (Å²) in [6.07, 6.45) is 4.21. The minimum atomic E-state index is -0.536. The summed E-state index contributed by atoms with van der Waals surface area (Å²) in [6.45, 7) is 2.70. The molecule has 19 heavy (non-hydrogen) atoms. The van der Waals surface area contributed by atoms with Gasteiger partial charge in [0.25, 0.3) is 0 Å². The maximum absolute atomic E-state index is 10.6. The zero-order valence-corrected chi connectivity index (χ0v) is 10.6. The first kappa shape index (κ1) is 13.3. The van der Waals surface area contributed by atoms with Gasteiger partial charge < -0.3 is 16.4 Å². The minimum absolute atomic E-state index is 0.0592. The van der Waals surface area contributed by atoms with Crippen LogP contribution in [0.1, 0.15) is 12.8 Å². The standard InChI is InChI=1S/C12H17N5O2/c13-12-10(17(18)19)1-2-11(16-12)15-8-5-9-3-6-14-7-4-9/h1-3,14H,4-8H2,(H3,13,15,16). The van der Waals surface area contributed by atoms with Gasteiger partial charge in [0, 0.05) is 19.2 Å². The van der Waals surface area contributed by atoms with Crippen LogP contribution in [-0.4, -0.2) is 29.5 Å². The van der Waals surface area contributed by atoms with Crippen molar-refractivity contribution in [1.29, 1.82) is 0 Å². The van der Waals surface area contributed by atoms with Crippen LogP contribution in [0.25, 0.3) is 0 Å². The van der Waals surface area contributed by atoms with Crippen LogP contribution in [0.5, 0.6) is 0 Å². The number of aromatic nitrogens is 1. The van der Waals surface area contributed by atoms with E-state index in [1.807, 2.05) is 0 Å². The van der Waals surface area contributed by atoms with Crippen molar-refractivity contribution in [3.05, 3.63) is 33.9 Å². The normalized spacial score (nSPS) is 14.8. The van der Waals surface area contributed by atoms with Gasteiger partial charge in [0.15, 0.2) is 0 Å². The third kappa shape index (κ3) is 3.65. The molecule has 0 radical (unpaired) electrons. The number of nitrogens with one attached hydrogen (secondary N) is 2. The second-order valence-electron chi connectivity index (χ2n) is 4.35. The molecule has 4 N–H and O–H groups in total. The van der Waals surface area contributed by atoms with Gasteiger partial charge in [-0.1, -0.05) is 11.6 Å². The van der Waals surface area contributed by atoms with Crippen molar-refractivity contribution in [2.75, 3.05) is 30.7 Å². The number of rotatable bonds is 5. The van der Waals surface area contributed by atoms with Gasteiger partial charge in [0.1, 0.15) is 5.82 Å². The average Bonchev–Trinajstić information content (AvgIpc) is 2.39. The summed E-state index contributed by atoms with van der Waals surface area (Å²) in [5.74, 6) is 0.508. The highest BCUT2D eigenvalue weighted by molar-refractivity contribution is 5.57. The lowest BCUT2D eigenvalue weighted by molar-refractivity contribution is -0.384. The summed E-state index contributed by atoms with van der Waals surface area (Å²) < 4.78 is 0. The Morgan fingerprint density at radius 3 is 3.00 bits per heavy atom. The van der Waals surface area contributed by atoms with Crippen molar-refractivity contribution in [2.45, 2.75) is 12.8 Å². The van der Waals surface area contributed by atoms with Crippen molar-refractivity contribution >= 4 is 17.3 Å². The van der Waals surface area contributed by atoms with E-state index in [1.165, 1.54) is 11.6 Å². The Morgan fingerprint density at radius 2 is 2.37 bits per heavy atom. The topological polar surface area (TPSA) is 106 Å². The largest absolute Gasteiger partial charge is 0.378 e. The van der Waals surface area contributed by atoms with E-state index in [1.54, 1.807) is 6.07 Å². The van der Waals surface area contributed by atoms with Crippen molar-refractivity contribution in [3.8, 4) is 0 Å². The Bertz CT molecular complexity index is 501. The summed E-state index contributed by atoms with van der Waals surface area (Å²) in [4.78, 5) is 14.0. The summed E-state index contributed by atoms with van der Waals surface area (Å²) >= 11 is 0. The molecule has 2 rings (SSSR count). The number of anilines is 2. The fourth-order valence-corrected chi connectivity index (χ4v) is 1.97. The Hall–Kier alpha value is -2.15. The van der Waals surface area contributed by atoms with Crippen LogP contribution in [0.3, 0.4) is 0 Å². The molecule has 7 nitrogen and oxygen atoms in total. The third-order valence-corrected chi connectivity index (χ3v) is 3.01. The first-order valence-electron chi connectivity index (χ1n) is 6.20. The zero-order valence-electron chi connectivity index (χ0n) is 10.6. The maximum atomic E-state index is 10.6. The molecule has 0 aromatic carbocycles. The van der Waals surface area contributed by atoms with E-state index in [0.717, 1.165) is 32.5 Å². The van der Waals surface area contributed by atoms with Crippen LogP contribution in [0.2, 0.25) is 0 Å². The van der Waals surface area contributed by atoms with Gasteiger partial charge in [0.05, 0.1) is 4.92 Å². The van der Waals surface area contributed by atoms with Gasteiger partial charge in [-0.2, -0.15) is 0 Å². The van der Waals surface area contributed by atoms with Crippen LogP contribution in [0.15, 0.2) is 23.8 Å². The molecule has 1 aromatic rings. The molecular formula is C12H17N5O2. The van der Waals surface area contributed by atoms with Crippen LogP contribution < -0.4 is 16.4 Å². The summed E-state index contributed by atoms with van der Waals surface area (Å²) in [5, 5.41) is 17.0. The van der Waals surface area contributed by atoms with Crippen molar-refractivity contribution in [2.24, 2.45) is 0 Å². The molecule has 0 amide bonds. The fraction of sp³-hybridized carbons (Fsp3) is 0.417. The van der Waals surface area contributed by atoms with E-state index in [4.69, 9.17) is 5.73 Å². The quantitative estimate of drug-likeness (QED) is 0.420. The van der Waals surface area contributed by atoms with E-state index in [9.17, 15) is 10.1 Å². The number of pyridine rings is 1. The number of nitro groups is 1. The molecule has 1 aliphatic rings. The highest BCUT2D eigenvalue weighted by Gasteiger charge is 2.12. The third-order valence-electron chi connectivity index (χ3n) is 3.01. The average molecular weight is 263 g/mol. The Morgan fingerprint density at radius 1 is 1.53 bits per heavy atom. The SMILES string of the molecule is Nc1nc(NCCC2=CCNCC2)ccc1[N+](=O)[O-]. The van der Waals surface area contributed by atoms with Gasteiger partial charge in [-0.05, 0) is 25.5 Å². The second kappa shape index (κ2) is 6.14. The highest BCUT2D eigenvalue weighted by Crippen LogP contribution is 2.20. The monoisotopic (exact) mass is 263 g/mol. The first-order valence-corrected chi connectivity index (χ1v) is 6.20. The predicted molar refractivity (Wildman–Crippen MR) is 74.0 cm³/mol. The smallest absolute Gasteiger partial charge is 0.311 e. The fourth-order valence-electron chi connectivity index (χ4n) is 1.97. The molecule has 0 unspecified atom stereocenters. The zero-order chi connectivity index (χ0) is 13.7. The van der Waals surface area contributed by atoms with E-state index in [2.05, 4.69) is 21.7 Å². The van der Waals surface area contributed by atoms with E-state index < -0.39 is 4.92 Å². The molecule has 0 saturated carbocycles. The lowest BCUT2D eigenvalue weighted by Gasteiger charge is -2.14. The van der Waals surface area contributed by atoms with Crippen molar-refractivity contribution in [3.63, 3.8) is 0 Å². The van der Waals surface area contributed by atoms with E-state index in [0.29, 0.717) is 5.82 Å². The second-order valence-corrected chi connectivity index (χ2v) is 4.35. The molecule has 0 aliphatic carbocycles. The van der Waals surface area contributed by atoms with Crippen molar-refractivity contribution < 1.29 is 4.92 Å². The van der Waals surface area contributed by atoms with Gasteiger partial charge in [-0.15, -0.1) is 0 Å². The molecule has 0 fully saturated rings. The molecule has 1 aliphatic heterocycles. The molecule has 0 atom stereocenters. The van der Waals surface area contributed by atoms with Gasteiger partial charge >= 0.3 is 5.69 Å². The first-order chi connectivity index (χ1) is 9.16. The Balaban J connectivity index is 1.87. The van der Waals surface area contributed by atoms with Gasteiger partial charge in [-0.25, -0.2) is 4.98 Å². The van der Waals surface area contributed by atoms with E-state index >= 15 is 0 Å². The highest BCUT2D eigenvalue weighted by atomic mass is 16.6. The summed E-state index contributed by atoms with van der Waals surface area (Å²) in [6, 6.07) is 2.94. The Kier molecular flexibility index (Phi) is 4.30. The number of hydrogen-bond acceptors (Lipinski definition) is 6. The lowest BCUT2D eigenvalue weighted by atomic mass is 10.1. The number of hydrogen-bond donors (Lipinski definition) is 3. The Labute approximate surface area is 111 Å². The summed E-state index contributed by atoms with van der Waals surface area (Å²) in [5.41, 5.74) is 6.78. The van der Waals surface area contributed by atoms with Gasteiger partial charge in [-0.3, -0.25) is 10.1 Å².